The number of aromatic nitrogens is 2. The molecular weight excluding hydrogens is 288 g/mol. The number of para-hydroxylation sites is 1. The number of hydrogen-bond donors (Lipinski definition) is 0. The Morgan fingerprint density at radius 2 is 1.87 bits per heavy atom. The molecule has 0 spiro atoms. The Bertz CT molecular complexity index is 684. The molecule has 3 heterocycles. The number of rotatable bonds is 2. The van der Waals surface area contributed by atoms with Crippen molar-refractivity contribution in [1.29, 1.82) is 0 Å². The molecule has 23 heavy (non-hydrogen) atoms. The fourth-order valence-corrected chi connectivity index (χ4v) is 3.58. The molecule has 122 valence electrons. The first-order chi connectivity index (χ1) is 11.3. The van der Waals surface area contributed by atoms with Crippen LogP contribution in [0.2, 0.25) is 0 Å². The van der Waals surface area contributed by atoms with Gasteiger partial charge in [0.1, 0.15) is 5.82 Å². The molecular formula is C18H24N4O. The van der Waals surface area contributed by atoms with Crippen molar-refractivity contribution in [2.24, 2.45) is 5.92 Å². The second-order valence-electron chi connectivity index (χ2n) is 6.66. The molecule has 0 saturated carbocycles. The predicted octanol–water partition coefficient (Wildman–Crippen LogP) is 2.70. The van der Waals surface area contributed by atoms with Crippen LogP contribution in [0.1, 0.15) is 19.8 Å². The number of piperidine rings is 1. The Kier molecular flexibility index (Phi) is 4.04. The summed E-state index contributed by atoms with van der Waals surface area (Å²) < 4.78 is 5.50. The Morgan fingerprint density at radius 1 is 1.04 bits per heavy atom. The van der Waals surface area contributed by atoms with Crippen LogP contribution in [0.15, 0.2) is 24.3 Å². The van der Waals surface area contributed by atoms with Gasteiger partial charge in [-0.25, -0.2) is 4.98 Å². The smallest absolute Gasteiger partial charge is 0.227 e. The highest BCUT2D eigenvalue weighted by molar-refractivity contribution is 5.90. The monoisotopic (exact) mass is 312 g/mol. The van der Waals surface area contributed by atoms with Crippen LogP contribution in [0.5, 0.6) is 0 Å². The topological polar surface area (TPSA) is 41.5 Å². The van der Waals surface area contributed by atoms with E-state index in [0.717, 1.165) is 62.1 Å². The van der Waals surface area contributed by atoms with E-state index in [1.807, 2.05) is 0 Å². The van der Waals surface area contributed by atoms with Crippen LogP contribution in [0, 0.1) is 5.92 Å². The molecule has 0 bridgehead atoms. The minimum absolute atomic E-state index is 0.714. The number of hydrogen-bond acceptors (Lipinski definition) is 5. The molecule has 4 rings (SSSR count). The zero-order valence-electron chi connectivity index (χ0n) is 13.7. The highest BCUT2D eigenvalue weighted by Gasteiger charge is 2.22. The van der Waals surface area contributed by atoms with E-state index in [1.165, 1.54) is 12.8 Å². The van der Waals surface area contributed by atoms with Crippen molar-refractivity contribution in [2.45, 2.75) is 19.8 Å². The second kappa shape index (κ2) is 6.32. The fourth-order valence-electron chi connectivity index (χ4n) is 3.58. The van der Waals surface area contributed by atoms with Gasteiger partial charge in [0.25, 0.3) is 0 Å². The van der Waals surface area contributed by atoms with E-state index >= 15 is 0 Å². The maximum Gasteiger partial charge on any atom is 0.227 e. The van der Waals surface area contributed by atoms with Gasteiger partial charge in [0, 0.05) is 31.6 Å². The molecule has 1 unspecified atom stereocenters. The normalized spacial score (nSPS) is 22.6. The molecule has 1 aromatic heterocycles. The van der Waals surface area contributed by atoms with Crippen LogP contribution in [0.25, 0.3) is 10.9 Å². The molecule has 1 aromatic carbocycles. The maximum absolute atomic E-state index is 5.50. The first kappa shape index (κ1) is 14.7. The van der Waals surface area contributed by atoms with Crippen molar-refractivity contribution in [3.63, 3.8) is 0 Å². The molecule has 2 fully saturated rings. The average Bonchev–Trinajstić information content (AvgIpc) is 2.61. The summed E-state index contributed by atoms with van der Waals surface area (Å²) in [6.07, 6.45) is 2.53. The van der Waals surface area contributed by atoms with Crippen molar-refractivity contribution in [3.05, 3.63) is 24.3 Å². The fraction of sp³-hybridized carbons (Fsp3) is 0.556. The second-order valence-corrected chi connectivity index (χ2v) is 6.66. The van der Waals surface area contributed by atoms with Gasteiger partial charge in [-0.15, -0.1) is 0 Å². The van der Waals surface area contributed by atoms with Gasteiger partial charge in [0.05, 0.1) is 18.7 Å². The zero-order chi connectivity index (χ0) is 15.6. The van der Waals surface area contributed by atoms with Gasteiger partial charge in [-0.1, -0.05) is 19.1 Å². The minimum atomic E-state index is 0.714. The largest absolute Gasteiger partial charge is 0.378 e. The van der Waals surface area contributed by atoms with Gasteiger partial charge in [-0.2, -0.15) is 4.98 Å². The van der Waals surface area contributed by atoms with Crippen molar-refractivity contribution >= 4 is 22.7 Å². The molecule has 0 radical (unpaired) electrons. The molecule has 0 N–H and O–H groups in total. The molecule has 5 nitrogen and oxygen atoms in total. The quantitative estimate of drug-likeness (QED) is 0.853. The van der Waals surface area contributed by atoms with E-state index in [4.69, 9.17) is 14.7 Å². The number of anilines is 2. The highest BCUT2D eigenvalue weighted by atomic mass is 16.5. The van der Waals surface area contributed by atoms with Crippen molar-refractivity contribution in [3.8, 4) is 0 Å². The minimum Gasteiger partial charge on any atom is -0.378 e. The Morgan fingerprint density at radius 3 is 2.70 bits per heavy atom. The van der Waals surface area contributed by atoms with Gasteiger partial charge < -0.3 is 14.5 Å². The number of benzene rings is 1. The summed E-state index contributed by atoms with van der Waals surface area (Å²) >= 11 is 0. The molecule has 2 aliphatic heterocycles. The predicted molar refractivity (Wildman–Crippen MR) is 93.2 cm³/mol. The summed E-state index contributed by atoms with van der Waals surface area (Å²) in [4.78, 5) is 14.5. The van der Waals surface area contributed by atoms with E-state index in [1.54, 1.807) is 0 Å². The van der Waals surface area contributed by atoms with Crippen LogP contribution in [-0.2, 0) is 4.74 Å². The lowest BCUT2D eigenvalue weighted by atomic mass is 10.0. The standard InChI is InChI=1S/C18H24N4O/c1-14-5-4-8-22(13-14)18-19-16-7-3-2-6-15(16)17(20-18)21-9-11-23-12-10-21/h2-3,6-7,14H,4-5,8-13H2,1H3. The molecule has 5 heteroatoms. The number of ether oxygens (including phenoxy) is 1. The van der Waals surface area contributed by atoms with Crippen LogP contribution >= 0.6 is 0 Å². The summed E-state index contributed by atoms with van der Waals surface area (Å²) in [5.41, 5.74) is 1.04. The summed E-state index contributed by atoms with van der Waals surface area (Å²) in [6, 6.07) is 8.35. The van der Waals surface area contributed by atoms with E-state index in [0.29, 0.717) is 5.92 Å². The van der Waals surface area contributed by atoms with E-state index in [2.05, 4.69) is 41.0 Å². The van der Waals surface area contributed by atoms with Crippen LogP contribution in [0.4, 0.5) is 11.8 Å². The first-order valence-corrected chi connectivity index (χ1v) is 8.66. The molecule has 0 amide bonds. The van der Waals surface area contributed by atoms with E-state index in [-0.39, 0.29) is 0 Å². The first-order valence-electron chi connectivity index (χ1n) is 8.66. The van der Waals surface area contributed by atoms with Crippen molar-refractivity contribution < 1.29 is 4.74 Å². The van der Waals surface area contributed by atoms with Crippen molar-refractivity contribution in [1.82, 2.24) is 9.97 Å². The van der Waals surface area contributed by atoms with Gasteiger partial charge in [0.15, 0.2) is 0 Å². The highest BCUT2D eigenvalue weighted by Crippen LogP contribution is 2.29. The molecule has 2 aromatic rings. The van der Waals surface area contributed by atoms with Crippen molar-refractivity contribution in [2.75, 3.05) is 49.2 Å². The Hall–Kier alpha value is -1.88. The number of fused-ring (bicyclic) bond motifs is 1. The Balaban J connectivity index is 1.76. The third-order valence-electron chi connectivity index (χ3n) is 4.82. The Labute approximate surface area is 137 Å². The third-order valence-corrected chi connectivity index (χ3v) is 4.82. The van der Waals surface area contributed by atoms with E-state index < -0.39 is 0 Å². The summed E-state index contributed by atoms with van der Waals surface area (Å²) in [7, 11) is 0. The SMILES string of the molecule is CC1CCCN(c2nc(N3CCOCC3)c3ccccc3n2)C1. The van der Waals surface area contributed by atoms with E-state index in [9.17, 15) is 0 Å². The molecule has 2 saturated heterocycles. The van der Waals surface area contributed by atoms with Crippen LogP contribution < -0.4 is 9.80 Å². The van der Waals surface area contributed by atoms with Gasteiger partial charge in [-0.05, 0) is 30.9 Å². The number of nitrogens with zero attached hydrogens (tertiary/aromatic N) is 4. The summed E-state index contributed by atoms with van der Waals surface area (Å²) in [6.45, 7) is 7.78. The van der Waals surface area contributed by atoms with Crippen LogP contribution in [-0.4, -0.2) is 49.4 Å². The molecule has 2 aliphatic rings. The average molecular weight is 312 g/mol. The maximum atomic E-state index is 5.50. The van der Waals surface area contributed by atoms with Gasteiger partial charge in [0.2, 0.25) is 5.95 Å². The lowest BCUT2D eigenvalue weighted by Gasteiger charge is -2.33. The summed E-state index contributed by atoms with van der Waals surface area (Å²) in [5, 5.41) is 1.14. The van der Waals surface area contributed by atoms with Gasteiger partial charge in [-0.3, -0.25) is 0 Å². The lowest BCUT2D eigenvalue weighted by molar-refractivity contribution is 0.122. The third kappa shape index (κ3) is 2.98. The number of morpholine rings is 1. The molecule has 1 atom stereocenters. The van der Waals surface area contributed by atoms with Gasteiger partial charge >= 0.3 is 0 Å². The zero-order valence-corrected chi connectivity index (χ0v) is 13.7. The summed E-state index contributed by atoms with van der Waals surface area (Å²) in [5.74, 6) is 2.66. The lowest BCUT2D eigenvalue weighted by Crippen LogP contribution is -2.38. The molecule has 0 aliphatic carbocycles. The van der Waals surface area contributed by atoms with Crippen LogP contribution in [0.3, 0.4) is 0 Å².